The van der Waals surface area contributed by atoms with Gasteiger partial charge in [-0.3, -0.25) is 9.59 Å². The van der Waals surface area contributed by atoms with Crippen LogP contribution >= 0.6 is 0 Å². The Labute approximate surface area is 191 Å². The van der Waals surface area contributed by atoms with E-state index in [1.165, 1.54) is 29.4 Å². The van der Waals surface area contributed by atoms with Gasteiger partial charge in [0.05, 0.1) is 18.9 Å². The van der Waals surface area contributed by atoms with E-state index < -0.39 is 23.7 Å². The predicted molar refractivity (Wildman–Crippen MR) is 120 cm³/mol. The molecule has 0 radical (unpaired) electrons. The van der Waals surface area contributed by atoms with Crippen LogP contribution in [-0.4, -0.2) is 39.8 Å². The number of aromatic nitrogens is 1. The van der Waals surface area contributed by atoms with E-state index in [0.29, 0.717) is 28.1 Å². The van der Waals surface area contributed by atoms with Crippen molar-refractivity contribution in [3.8, 4) is 0 Å². The second-order valence-corrected chi connectivity index (χ2v) is 7.79. The Kier molecular flexibility index (Phi) is 7.16. The average molecular weight is 454 g/mol. The third-order valence-electron chi connectivity index (χ3n) is 5.75. The maximum Gasteiger partial charge on any atom is 0.355 e. The number of hydrogen-bond donors (Lipinski definition) is 0. The summed E-state index contributed by atoms with van der Waals surface area (Å²) in [5, 5.41) is 0. The van der Waals surface area contributed by atoms with E-state index >= 15 is 0 Å². The molecule has 0 N–H and O–H groups in total. The zero-order valence-corrected chi connectivity index (χ0v) is 19.3. The minimum atomic E-state index is -0.887. The van der Waals surface area contributed by atoms with Gasteiger partial charge in [-0.25, -0.2) is 9.18 Å². The summed E-state index contributed by atoms with van der Waals surface area (Å²) in [6.45, 7) is 7.06. The van der Waals surface area contributed by atoms with E-state index in [9.17, 15) is 18.8 Å². The van der Waals surface area contributed by atoms with Gasteiger partial charge < -0.3 is 18.6 Å². The Hall–Kier alpha value is -3.68. The number of carbonyl (C=O) groups is 3. The summed E-state index contributed by atoms with van der Waals surface area (Å²) in [6, 6.07) is 7.95. The van der Waals surface area contributed by atoms with Gasteiger partial charge in [0.1, 0.15) is 11.5 Å². The molecule has 0 bridgehead atoms. The average Bonchev–Trinajstić information content (AvgIpc) is 3.39. The standard InChI is InChI=1S/C25H27FN2O5/c1-6-32-25(31)22-15(2)21(16(3)27(22)5)23(29)17(4)28(24(30)20-8-7-13-33-20)14-18-9-11-19(26)12-10-18/h7-13,17H,6,14H2,1-5H3/t17-/m0/s1. The molecule has 0 spiro atoms. The summed E-state index contributed by atoms with van der Waals surface area (Å²) in [4.78, 5) is 40.7. The van der Waals surface area contributed by atoms with Crippen LogP contribution < -0.4 is 0 Å². The van der Waals surface area contributed by atoms with Crippen molar-refractivity contribution in [1.29, 1.82) is 0 Å². The van der Waals surface area contributed by atoms with Gasteiger partial charge in [0.15, 0.2) is 11.5 Å². The van der Waals surface area contributed by atoms with Gasteiger partial charge in [0, 0.05) is 24.8 Å². The van der Waals surface area contributed by atoms with Crippen LogP contribution in [0, 0.1) is 19.7 Å². The van der Waals surface area contributed by atoms with Crippen molar-refractivity contribution in [2.45, 2.75) is 40.3 Å². The predicted octanol–water partition coefficient (Wildman–Crippen LogP) is 4.46. The smallest absolute Gasteiger partial charge is 0.355 e. The molecule has 0 aliphatic carbocycles. The van der Waals surface area contributed by atoms with Gasteiger partial charge in [0.2, 0.25) is 0 Å². The fourth-order valence-corrected chi connectivity index (χ4v) is 3.89. The molecule has 3 aromatic rings. The van der Waals surface area contributed by atoms with Crippen LogP contribution in [0.15, 0.2) is 47.1 Å². The lowest BCUT2D eigenvalue weighted by molar-refractivity contribution is 0.0513. The lowest BCUT2D eigenvalue weighted by Crippen LogP contribution is -2.43. The molecule has 0 aliphatic heterocycles. The number of benzene rings is 1. The van der Waals surface area contributed by atoms with Crippen LogP contribution in [0.2, 0.25) is 0 Å². The van der Waals surface area contributed by atoms with Crippen molar-refractivity contribution in [2.75, 3.05) is 6.61 Å². The molecular formula is C25H27FN2O5. The number of furan rings is 1. The maximum absolute atomic E-state index is 13.6. The van der Waals surface area contributed by atoms with E-state index in [4.69, 9.17) is 9.15 Å². The normalized spacial score (nSPS) is 11.8. The maximum atomic E-state index is 13.6. The highest BCUT2D eigenvalue weighted by molar-refractivity contribution is 6.07. The van der Waals surface area contributed by atoms with Crippen LogP contribution in [0.5, 0.6) is 0 Å². The van der Waals surface area contributed by atoms with Gasteiger partial charge in [-0.1, -0.05) is 12.1 Å². The first kappa shape index (κ1) is 24.0. The number of amides is 1. The molecular weight excluding hydrogens is 427 g/mol. The highest BCUT2D eigenvalue weighted by Gasteiger charge is 2.33. The Morgan fingerprint density at radius 3 is 2.39 bits per heavy atom. The highest BCUT2D eigenvalue weighted by Crippen LogP contribution is 2.26. The lowest BCUT2D eigenvalue weighted by Gasteiger charge is -2.28. The molecule has 0 saturated heterocycles. The van der Waals surface area contributed by atoms with Gasteiger partial charge in [0.25, 0.3) is 5.91 Å². The summed E-state index contributed by atoms with van der Waals surface area (Å²) in [6.07, 6.45) is 1.38. The first-order valence-corrected chi connectivity index (χ1v) is 10.6. The Bertz CT molecular complexity index is 1160. The molecule has 0 saturated carbocycles. The number of halogens is 1. The van der Waals surface area contributed by atoms with Crippen molar-refractivity contribution in [1.82, 2.24) is 9.47 Å². The fourth-order valence-electron chi connectivity index (χ4n) is 3.89. The monoisotopic (exact) mass is 454 g/mol. The van der Waals surface area contributed by atoms with Crippen molar-refractivity contribution in [2.24, 2.45) is 7.05 Å². The third kappa shape index (κ3) is 4.74. The summed E-state index contributed by atoms with van der Waals surface area (Å²) in [7, 11) is 1.69. The summed E-state index contributed by atoms with van der Waals surface area (Å²) < 4.78 is 25.4. The molecule has 2 heterocycles. The van der Waals surface area contributed by atoms with Crippen LogP contribution in [0.4, 0.5) is 4.39 Å². The van der Waals surface area contributed by atoms with E-state index in [0.717, 1.165) is 0 Å². The number of carbonyl (C=O) groups excluding carboxylic acids is 3. The van der Waals surface area contributed by atoms with E-state index in [1.54, 1.807) is 57.5 Å². The first-order chi connectivity index (χ1) is 15.7. The second kappa shape index (κ2) is 9.85. The molecule has 174 valence electrons. The van der Waals surface area contributed by atoms with Gasteiger partial charge in [-0.2, -0.15) is 0 Å². The van der Waals surface area contributed by atoms with Crippen LogP contribution in [0.3, 0.4) is 0 Å². The first-order valence-electron chi connectivity index (χ1n) is 10.6. The van der Waals surface area contributed by atoms with E-state index in [2.05, 4.69) is 0 Å². The van der Waals surface area contributed by atoms with Crippen molar-refractivity contribution >= 4 is 17.7 Å². The molecule has 33 heavy (non-hydrogen) atoms. The number of esters is 1. The molecule has 0 fully saturated rings. The molecule has 0 aliphatic rings. The quantitative estimate of drug-likeness (QED) is 0.371. The van der Waals surface area contributed by atoms with Gasteiger partial charge in [-0.05, 0) is 63.1 Å². The third-order valence-corrected chi connectivity index (χ3v) is 5.75. The molecule has 1 amide bonds. The molecule has 1 atom stereocenters. The van der Waals surface area contributed by atoms with Crippen LogP contribution in [0.1, 0.15) is 62.1 Å². The summed E-state index contributed by atoms with van der Waals surface area (Å²) in [5.74, 6) is -1.61. The molecule has 8 heteroatoms. The summed E-state index contributed by atoms with van der Waals surface area (Å²) >= 11 is 0. The zero-order chi connectivity index (χ0) is 24.3. The number of nitrogens with zero attached hydrogens (tertiary/aromatic N) is 2. The Morgan fingerprint density at radius 1 is 1.15 bits per heavy atom. The fraction of sp³-hybridized carbons (Fsp3) is 0.320. The second-order valence-electron chi connectivity index (χ2n) is 7.79. The summed E-state index contributed by atoms with van der Waals surface area (Å²) in [5.41, 5.74) is 2.42. The highest BCUT2D eigenvalue weighted by atomic mass is 19.1. The topological polar surface area (TPSA) is 81.8 Å². The minimum Gasteiger partial charge on any atom is -0.461 e. The molecule has 7 nitrogen and oxygen atoms in total. The zero-order valence-electron chi connectivity index (χ0n) is 19.3. The van der Waals surface area contributed by atoms with Crippen LogP contribution in [0.25, 0.3) is 0 Å². The van der Waals surface area contributed by atoms with Crippen LogP contribution in [-0.2, 0) is 18.3 Å². The minimum absolute atomic E-state index is 0.0718. The Balaban J connectivity index is 2.00. The number of Topliss-reactive ketones (excluding diaryl/α,β-unsaturated/α-hetero) is 1. The SMILES string of the molecule is CCOC(=O)c1c(C)c(C(=O)[C@H](C)N(Cc2ccc(F)cc2)C(=O)c2ccco2)c(C)n1C. The van der Waals surface area contributed by atoms with Gasteiger partial charge in [-0.15, -0.1) is 0 Å². The molecule has 0 unspecified atom stereocenters. The van der Waals surface area contributed by atoms with Crippen molar-refractivity contribution in [3.63, 3.8) is 0 Å². The van der Waals surface area contributed by atoms with Crippen molar-refractivity contribution < 1.29 is 27.9 Å². The number of ketones is 1. The van der Waals surface area contributed by atoms with E-state index in [1.807, 2.05) is 0 Å². The van der Waals surface area contributed by atoms with Crippen molar-refractivity contribution in [3.05, 3.63) is 82.3 Å². The van der Waals surface area contributed by atoms with Gasteiger partial charge >= 0.3 is 5.97 Å². The largest absolute Gasteiger partial charge is 0.461 e. The molecule has 2 aromatic heterocycles. The molecule has 3 rings (SSSR count). The molecule has 1 aromatic carbocycles. The number of hydrogen-bond acceptors (Lipinski definition) is 5. The lowest BCUT2D eigenvalue weighted by atomic mass is 9.99. The Morgan fingerprint density at radius 2 is 1.82 bits per heavy atom. The van der Waals surface area contributed by atoms with E-state index in [-0.39, 0.29) is 24.7 Å². The number of ether oxygens (including phenoxy) is 1. The number of rotatable bonds is 8.